The van der Waals surface area contributed by atoms with Crippen LogP contribution in [-0.2, 0) is 0 Å². The minimum atomic E-state index is -0.379. The quantitative estimate of drug-likeness (QED) is 0.581. The summed E-state index contributed by atoms with van der Waals surface area (Å²) in [6.45, 7) is 0. The Balaban J connectivity index is 0.000000461. The van der Waals surface area contributed by atoms with Crippen molar-refractivity contribution in [3.05, 3.63) is 35.9 Å². The first kappa shape index (κ1) is 10.4. The van der Waals surface area contributed by atoms with Gasteiger partial charge in [-0.1, -0.05) is 18.2 Å². The third-order valence-electron chi connectivity index (χ3n) is 1.06. The number of hydrogen-bond donors (Lipinski definition) is 1. The van der Waals surface area contributed by atoms with Crippen molar-refractivity contribution >= 4 is 29.0 Å². The maximum atomic E-state index is 10.4. The van der Waals surface area contributed by atoms with Gasteiger partial charge in [0, 0.05) is 5.56 Å². The van der Waals surface area contributed by atoms with Gasteiger partial charge in [0.1, 0.15) is 0 Å². The van der Waals surface area contributed by atoms with Crippen LogP contribution < -0.4 is 5.73 Å². The summed E-state index contributed by atoms with van der Waals surface area (Å²) in [4.78, 5) is 10.4. The zero-order valence-electron chi connectivity index (χ0n) is 5.75. The molecule has 0 bridgehead atoms. The molecule has 0 aliphatic carbocycles. The Morgan fingerprint density at radius 2 is 1.73 bits per heavy atom. The molecule has 2 nitrogen and oxygen atoms in total. The van der Waals surface area contributed by atoms with E-state index in [0.717, 1.165) is 0 Å². The van der Waals surface area contributed by atoms with Crippen LogP contribution in [0.25, 0.3) is 0 Å². The van der Waals surface area contributed by atoms with Gasteiger partial charge in [0.05, 0.1) is 0 Å². The van der Waals surface area contributed by atoms with Crippen LogP contribution in [0, 0.1) is 0 Å². The number of rotatable bonds is 1. The van der Waals surface area contributed by atoms with Crippen molar-refractivity contribution < 1.29 is 7.66 Å². The van der Waals surface area contributed by atoms with Gasteiger partial charge in [0.2, 0.25) is 5.91 Å². The average Bonchev–Trinajstić information content (AvgIpc) is 2.10. The van der Waals surface area contributed by atoms with E-state index in [-0.39, 0.29) is 29.0 Å². The molecule has 0 atom stereocenters. The van der Waals surface area contributed by atoms with Crippen molar-refractivity contribution in [2.75, 3.05) is 0 Å². The number of carbonyl (C=O) groups excluding carboxylic acids is 1. The van der Waals surface area contributed by atoms with Crippen molar-refractivity contribution in [2.24, 2.45) is 5.73 Å². The first-order valence-electron chi connectivity index (χ1n) is 2.84. The zero-order valence-corrected chi connectivity index (χ0v) is 8.60. The molecule has 0 aliphatic rings. The van der Waals surface area contributed by atoms with Crippen LogP contribution in [0.15, 0.2) is 30.3 Å². The van der Waals surface area contributed by atoms with Gasteiger partial charge in [-0.2, -0.15) is 0 Å². The van der Waals surface area contributed by atoms with Crippen molar-refractivity contribution in [1.29, 1.82) is 0 Å². The van der Waals surface area contributed by atoms with E-state index >= 15 is 0 Å². The fraction of sp³-hybridized carbons (Fsp3) is 0. The molecular weight excluding hydrogens is 136 g/mol. The van der Waals surface area contributed by atoms with E-state index < -0.39 is 0 Å². The molecule has 2 N–H and O–H groups in total. The number of nitrogens with two attached hydrogens (primary N) is 1. The van der Waals surface area contributed by atoms with Crippen LogP contribution in [0.4, 0.5) is 2.87 Å². The Morgan fingerprint density at radius 3 is 2.00 bits per heavy atom. The van der Waals surface area contributed by atoms with Gasteiger partial charge >= 0.3 is 26.0 Å². The molecule has 0 aromatic heterocycles. The molecule has 3 radical (unpaired) electrons. The second-order valence-corrected chi connectivity index (χ2v) is 1.73. The van der Waals surface area contributed by atoms with Crippen molar-refractivity contribution in [3.63, 3.8) is 0 Å². The fourth-order valence-electron chi connectivity index (χ4n) is 0.602. The molecule has 0 saturated carbocycles. The van der Waals surface area contributed by atoms with Crippen LogP contribution in [-0.4, -0.2) is 29.0 Å². The molecule has 1 aromatic rings. The molecule has 0 heterocycles. The molecule has 0 saturated heterocycles. The standard InChI is InChI=1S/C7H7NO.FH.Sn/c8-7(9)6-4-2-1-3-5-6;;/h1-5H,(H2,8,9);1H;/q;;+1/p-1/i;;1+37. The topological polar surface area (TPSA) is 43.1 Å². The Kier molecular flexibility index (Phi) is 5.82. The molecule has 1 rings (SSSR count). The van der Waals surface area contributed by atoms with Gasteiger partial charge in [-0.25, -0.2) is 0 Å². The predicted octanol–water partition coefficient (Wildman–Crippen LogP) is 0.825. The van der Waals surface area contributed by atoms with E-state index in [0.29, 0.717) is 5.56 Å². The van der Waals surface area contributed by atoms with Gasteiger partial charge in [0.15, 0.2) is 0 Å². The van der Waals surface area contributed by atoms with E-state index in [2.05, 4.69) is 0 Å². The molecule has 0 spiro atoms. The summed E-state index contributed by atoms with van der Waals surface area (Å²) in [6, 6.07) is 8.76. The molecule has 1 amide bonds. The first-order valence-corrected chi connectivity index (χ1v) is 3.92. The second kappa shape index (κ2) is 6.15. The molecule has 0 fully saturated rings. The summed E-state index contributed by atoms with van der Waals surface area (Å²) in [7, 11) is 0. The maximum absolute atomic E-state index is 10.4. The Bertz CT molecular complexity index is 215. The summed E-state index contributed by atoms with van der Waals surface area (Å²) in [5.74, 6) is -0.379. The van der Waals surface area contributed by atoms with Gasteiger partial charge in [-0.3, -0.25) is 4.79 Å². The normalized spacial score (nSPS) is 7.82. The van der Waals surface area contributed by atoms with Crippen LogP contribution >= 0.6 is 0 Å². The Labute approximate surface area is 78.5 Å². The monoisotopic (exact) mass is 143 g/mol. The molecular formula is C7H7FNOSn. The number of amides is 1. The van der Waals surface area contributed by atoms with Crippen LogP contribution in [0.3, 0.4) is 0 Å². The molecule has 0 aliphatic heterocycles. The number of halogens is 1. The first-order chi connectivity index (χ1) is 5.30. The third-order valence-corrected chi connectivity index (χ3v) is 1.06. The molecule has 4 heteroatoms. The SMILES string of the molecule is NC(=O)c1ccccc1.[F][3Sn]. The van der Waals surface area contributed by atoms with Gasteiger partial charge < -0.3 is 5.73 Å². The predicted molar refractivity (Wildman–Crippen MR) is 41.8 cm³/mol. The Morgan fingerprint density at radius 1 is 1.27 bits per heavy atom. The van der Waals surface area contributed by atoms with E-state index in [1.807, 2.05) is 6.07 Å². The van der Waals surface area contributed by atoms with Crippen LogP contribution in [0.2, 0.25) is 0 Å². The summed E-state index contributed by atoms with van der Waals surface area (Å²) in [5.41, 5.74) is 5.53. The van der Waals surface area contributed by atoms with Crippen LogP contribution in [0.5, 0.6) is 0 Å². The van der Waals surface area contributed by atoms with Crippen LogP contribution in [0.1, 0.15) is 10.4 Å². The van der Waals surface area contributed by atoms with Gasteiger partial charge in [-0.15, -0.1) is 0 Å². The fourth-order valence-corrected chi connectivity index (χ4v) is 0.602. The summed E-state index contributed by atoms with van der Waals surface area (Å²) in [6.07, 6.45) is 0. The third kappa shape index (κ3) is 3.98. The number of benzene rings is 1. The average molecular weight is 143 g/mol. The second-order valence-electron chi connectivity index (χ2n) is 1.73. The van der Waals surface area contributed by atoms with E-state index in [4.69, 9.17) is 5.73 Å². The van der Waals surface area contributed by atoms with Gasteiger partial charge in [0.25, 0.3) is 0 Å². The summed E-state index contributed by atoms with van der Waals surface area (Å²) < 4.78 is 9.59. The van der Waals surface area contributed by atoms with Gasteiger partial charge in [-0.05, 0) is 12.1 Å². The Hall–Kier alpha value is -0.581. The summed E-state index contributed by atoms with van der Waals surface area (Å²) >= 11 is 0.0500. The number of hydrogen-bond acceptors (Lipinski definition) is 1. The van der Waals surface area contributed by atoms with E-state index in [1.165, 1.54) is 0 Å². The molecule has 11 heavy (non-hydrogen) atoms. The molecule has 1 aromatic carbocycles. The van der Waals surface area contributed by atoms with Crippen molar-refractivity contribution in [2.45, 2.75) is 0 Å². The van der Waals surface area contributed by atoms with E-state index in [1.54, 1.807) is 24.3 Å². The van der Waals surface area contributed by atoms with Crippen molar-refractivity contribution in [1.82, 2.24) is 0 Å². The summed E-state index contributed by atoms with van der Waals surface area (Å²) in [5, 5.41) is 0. The van der Waals surface area contributed by atoms with E-state index in [9.17, 15) is 7.66 Å². The van der Waals surface area contributed by atoms with Crippen molar-refractivity contribution in [3.8, 4) is 0 Å². The molecule has 57 valence electrons. The zero-order chi connectivity index (χ0) is 8.69. The molecule has 0 unspecified atom stereocenters. The minimum absolute atomic E-state index is 0.0500. The number of primary amides is 1. The number of carbonyl (C=O) groups is 1.